The lowest BCUT2D eigenvalue weighted by Crippen LogP contribution is -2.21. The number of anilines is 1. The maximum absolute atomic E-state index is 13.5. The molecule has 0 aliphatic rings. The van der Waals surface area contributed by atoms with Crippen molar-refractivity contribution in [2.24, 2.45) is 5.16 Å². The number of unbranched alkanes of at least 4 members (excludes halogenated alkanes) is 2. The maximum Gasteiger partial charge on any atom is 0.337 e. The number of carbonyl (C=O) groups is 2. The summed E-state index contributed by atoms with van der Waals surface area (Å²) in [6, 6.07) is 9.04. The van der Waals surface area contributed by atoms with Gasteiger partial charge in [0.15, 0.2) is 0 Å². The molecule has 1 unspecified atom stereocenters. The van der Waals surface area contributed by atoms with Crippen LogP contribution in [0.4, 0.5) is 5.69 Å². The fourth-order valence-electron chi connectivity index (χ4n) is 4.46. The van der Waals surface area contributed by atoms with E-state index in [1.54, 1.807) is 32.6 Å². The zero-order valence-electron chi connectivity index (χ0n) is 24.0. The van der Waals surface area contributed by atoms with Crippen molar-refractivity contribution in [2.75, 3.05) is 33.8 Å². The number of esters is 1. The predicted octanol–water partition coefficient (Wildman–Crippen LogP) is 6.46. The van der Waals surface area contributed by atoms with Crippen molar-refractivity contribution in [3.63, 3.8) is 0 Å². The van der Waals surface area contributed by atoms with Crippen LogP contribution in [0.5, 0.6) is 11.5 Å². The van der Waals surface area contributed by atoms with Crippen LogP contribution >= 0.6 is 0 Å². The third-order valence-corrected chi connectivity index (χ3v) is 6.43. The second kappa shape index (κ2) is 14.4. The largest absolute Gasteiger partial charge is 0.496 e. The molecule has 0 spiro atoms. The Kier molecular flexibility index (Phi) is 11.6. The summed E-state index contributed by atoms with van der Waals surface area (Å²) in [5, 5.41) is 6.98. The highest BCUT2D eigenvalue weighted by Crippen LogP contribution is 2.38. The SMILES string of the molecule is CCCCCC(CC(=O)Nc1cc(C(=O)OC)ccc1C(C)(C)C)c1cc(C=NOC)c(OC)cc1OC. The number of hydrogen-bond acceptors (Lipinski definition) is 7. The fraction of sp³-hybridized carbons (Fsp3) is 0.500. The molecule has 0 heterocycles. The van der Waals surface area contributed by atoms with Gasteiger partial charge in [0.05, 0.1) is 33.1 Å². The topological polar surface area (TPSA) is 95.5 Å². The molecule has 2 aromatic carbocycles. The van der Waals surface area contributed by atoms with Gasteiger partial charge in [-0.15, -0.1) is 0 Å². The first-order valence-corrected chi connectivity index (χ1v) is 12.9. The molecule has 0 aliphatic carbocycles. The molecular weight excluding hydrogens is 484 g/mol. The maximum atomic E-state index is 13.5. The van der Waals surface area contributed by atoms with Gasteiger partial charge in [0.2, 0.25) is 5.91 Å². The number of nitrogens with one attached hydrogen (secondary N) is 1. The summed E-state index contributed by atoms with van der Waals surface area (Å²) < 4.78 is 16.1. The number of amides is 1. The van der Waals surface area contributed by atoms with E-state index in [0.29, 0.717) is 22.7 Å². The molecule has 0 bridgehead atoms. The highest BCUT2D eigenvalue weighted by Gasteiger charge is 2.25. The van der Waals surface area contributed by atoms with Crippen LogP contribution in [-0.2, 0) is 19.8 Å². The Morgan fingerprint density at radius 1 is 1.00 bits per heavy atom. The van der Waals surface area contributed by atoms with Gasteiger partial charge in [-0.2, -0.15) is 0 Å². The Hall–Kier alpha value is -3.55. The van der Waals surface area contributed by atoms with Crippen molar-refractivity contribution in [2.45, 2.75) is 71.1 Å². The van der Waals surface area contributed by atoms with Crippen LogP contribution < -0.4 is 14.8 Å². The zero-order chi connectivity index (χ0) is 28.3. The molecule has 1 amide bonds. The van der Waals surface area contributed by atoms with Crippen LogP contribution in [0.15, 0.2) is 35.5 Å². The van der Waals surface area contributed by atoms with Crippen molar-refractivity contribution in [1.29, 1.82) is 0 Å². The quantitative estimate of drug-likeness (QED) is 0.139. The van der Waals surface area contributed by atoms with Gasteiger partial charge in [-0.1, -0.05) is 58.2 Å². The standard InChI is InChI=1S/C30H42N2O6/c1-9-10-11-12-20(23-15-22(19-31-38-8)26(35-5)18-27(23)36-6)17-28(33)32-25-16-21(29(34)37-7)13-14-24(25)30(2,3)4/h13-16,18-20H,9-12,17H2,1-8H3,(H,32,33). The molecule has 0 saturated heterocycles. The van der Waals surface area contributed by atoms with Crippen LogP contribution in [0.2, 0.25) is 0 Å². The molecule has 0 fully saturated rings. The average molecular weight is 527 g/mol. The number of benzene rings is 2. The number of carbonyl (C=O) groups excluding carboxylic acids is 2. The van der Waals surface area contributed by atoms with Gasteiger partial charge in [-0.05, 0) is 47.1 Å². The number of nitrogens with zero attached hydrogens (tertiary/aromatic N) is 1. The van der Waals surface area contributed by atoms with Gasteiger partial charge in [0.25, 0.3) is 0 Å². The minimum atomic E-state index is -0.452. The van der Waals surface area contributed by atoms with Gasteiger partial charge in [-0.25, -0.2) is 4.79 Å². The van der Waals surface area contributed by atoms with Crippen molar-refractivity contribution in [3.8, 4) is 11.5 Å². The van der Waals surface area contributed by atoms with Gasteiger partial charge < -0.3 is 24.4 Å². The molecule has 2 rings (SSSR count). The highest BCUT2D eigenvalue weighted by atomic mass is 16.6. The van der Waals surface area contributed by atoms with Gasteiger partial charge in [0, 0.05) is 23.7 Å². The summed E-state index contributed by atoms with van der Waals surface area (Å²) in [5.41, 5.74) is 3.30. The third-order valence-electron chi connectivity index (χ3n) is 6.43. The fourth-order valence-corrected chi connectivity index (χ4v) is 4.46. The van der Waals surface area contributed by atoms with Crippen molar-refractivity contribution in [1.82, 2.24) is 0 Å². The molecular formula is C30H42N2O6. The summed E-state index contributed by atoms with van der Waals surface area (Å²) in [4.78, 5) is 30.5. The van der Waals surface area contributed by atoms with Gasteiger partial charge in [0.1, 0.15) is 18.6 Å². The van der Waals surface area contributed by atoms with E-state index >= 15 is 0 Å². The number of oxime groups is 1. The number of rotatable bonds is 13. The van der Waals surface area contributed by atoms with E-state index in [1.165, 1.54) is 14.2 Å². The van der Waals surface area contributed by atoms with E-state index in [4.69, 9.17) is 19.0 Å². The Labute approximate surface area is 226 Å². The smallest absolute Gasteiger partial charge is 0.337 e. The minimum absolute atomic E-state index is 0.112. The van der Waals surface area contributed by atoms with Crippen LogP contribution in [0, 0.1) is 0 Å². The molecule has 0 radical (unpaired) electrons. The van der Waals surface area contributed by atoms with Gasteiger partial charge in [-0.3, -0.25) is 4.79 Å². The van der Waals surface area contributed by atoms with Crippen molar-refractivity contribution >= 4 is 23.8 Å². The minimum Gasteiger partial charge on any atom is -0.496 e. The van der Waals surface area contributed by atoms with Crippen molar-refractivity contribution in [3.05, 3.63) is 52.6 Å². The molecule has 0 aliphatic heterocycles. The summed E-state index contributed by atoms with van der Waals surface area (Å²) >= 11 is 0. The van der Waals surface area contributed by atoms with E-state index in [2.05, 4.69) is 38.2 Å². The summed E-state index contributed by atoms with van der Waals surface area (Å²) in [7, 11) is 6.01. The van der Waals surface area contributed by atoms with E-state index in [9.17, 15) is 9.59 Å². The highest BCUT2D eigenvalue weighted by molar-refractivity contribution is 5.96. The molecule has 38 heavy (non-hydrogen) atoms. The first kappa shape index (κ1) is 30.7. The summed E-state index contributed by atoms with van der Waals surface area (Å²) in [5.74, 6) is 0.529. The van der Waals surface area contributed by atoms with Crippen LogP contribution in [0.3, 0.4) is 0 Å². The molecule has 8 heteroatoms. The number of hydrogen-bond donors (Lipinski definition) is 1. The Morgan fingerprint density at radius 3 is 2.29 bits per heavy atom. The molecule has 1 atom stereocenters. The molecule has 8 nitrogen and oxygen atoms in total. The average Bonchev–Trinajstić information content (AvgIpc) is 2.89. The second-order valence-electron chi connectivity index (χ2n) is 10.2. The Balaban J connectivity index is 2.47. The van der Waals surface area contributed by atoms with E-state index in [1.807, 2.05) is 18.2 Å². The first-order chi connectivity index (χ1) is 18.1. The van der Waals surface area contributed by atoms with E-state index in [0.717, 1.165) is 42.4 Å². The molecule has 1 N–H and O–H groups in total. The molecule has 0 saturated carbocycles. The van der Waals surface area contributed by atoms with Crippen LogP contribution in [0.25, 0.3) is 0 Å². The predicted molar refractivity (Wildman–Crippen MR) is 151 cm³/mol. The lowest BCUT2D eigenvalue weighted by atomic mass is 9.84. The normalized spacial score (nSPS) is 12.2. The Bertz CT molecular complexity index is 1120. The summed E-state index contributed by atoms with van der Waals surface area (Å²) in [6.45, 7) is 8.34. The summed E-state index contributed by atoms with van der Waals surface area (Å²) in [6.07, 6.45) is 5.72. The third kappa shape index (κ3) is 8.23. The monoisotopic (exact) mass is 526 g/mol. The molecule has 2 aromatic rings. The van der Waals surface area contributed by atoms with Crippen LogP contribution in [-0.4, -0.2) is 46.5 Å². The second-order valence-corrected chi connectivity index (χ2v) is 10.2. The Morgan fingerprint density at radius 2 is 1.71 bits per heavy atom. The van der Waals surface area contributed by atoms with Crippen LogP contribution in [0.1, 0.15) is 92.8 Å². The van der Waals surface area contributed by atoms with Crippen molar-refractivity contribution < 1.29 is 28.6 Å². The lowest BCUT2D eigenvalue weighted by Gasteiger charge is -2.25. The zero-order valence-corrected chi connectivity index (χ0v) is 24.0. The van der Waals surface area contributed by atoms with Gasteiger partial charge >= 0.3 is 5.97 Å². The molecule has 208 valence electrons. The number of methoxy groups -OCH3 is 3. The lowest BCUT2D eigenvalue weighted by molar-refractivity contribution is -0.116. The van der Waals surface area contributed by atoms with E-state index in [-0.39, 0.29) is 23.7 Å². The van der Waals surface area contributed by atoms with E-state index < -0.39 is 5.97 Å². The first-order valence-electron chi connectivity index (χ1n) is 12.9. The molecule has 0 aromatic heterocycles. The number of ether oxygens (including phenoxy) is 3.